The first-order chi connectivity index (χ1) is 14.7. The van der Waals surface area contributed by atoms with E-state index in [1.165, 1.54) is 0 Å². The van der Waals surface area contributed by atoms with Gasteiger partial charge in [-0.3, -0.25) is 4.79 Å². The number of benzene rings is 3. The summed E-state index contributed by atoms with van der Waals surface area (Å²) in [6.07, 6.45) is 0. The molecule has 0 saturated heterocycles. The summed E-state index contributed by atoms with van der Waals surface area (Å²) in [5, 5.41) is 2.92. The maximum atomic E-state index is 12.4. The molecule has 3 rings (SSSR count). The number of nitrogens with one attached hydrogen (secondary N) is 1. The van der Waals surface area contributed by atoms with Crippen LogP contribution in [0.3, 0.4) is 0 Å². The number of amides is 1. The normalized spacial score (nSPS) is 10.3. The molecule has 154 valence electrons. The van der Waals surface area contributed by atoms with Crippen LogP contribution in [0, 0.1) is 0 Å². The molecule has 3 aromatic rings. The molecule has 6 heteroatoms. The zero-order valence-corrected chi connectivity index (χ0v) is 16.6. The molecule has 0 fully saturated rings. The molecule has 1 amide bonds. The van der Waals surface area contributed by atoms with E-state index in [1.807, 2.05) is 60.7 Å². The third-order valence-electron chi connectivity index (χ3n) is 4.35. The first-order valence-corrected chi connectivity index (χ1v) is 9.47. The standard InChI is InChI=1S/C24H23NO5/c1-28-20-12-14-21(15-13-20)29-17-23(27)30-16-22(26)25-24(18-8-4-2-5-9-18)19-10-6-3-7-11-19/h2-15,24H,16-17H2,1H3,(H,25,26). The molecule has 0 aromatic heterocycles. The number of ether oxygens (including phenoxy) is 3. The quantitative estimate of drug-likeness (QED) is 0.552. The average molecular weight is 405 g/mol. The van der Waals surface area contributed by atoms with Crippen LogP contribution >= 0.6 is 0 Å². The summed E-state index contributed by atoms with van der Waals surface area (Å²) < 4.78 is 15.5. The zero-order chi connectivity index (χ0) is 21.2. The van der Waals surface area contributed by atoms with Crippen LogP contribution in [0.5, 0.6) is 11.5 Å². The zero-order valence-electron chi connectivity index (χ0n) is 16.6. The predicted octanol–water partition coefficient (Wildman–Crippen LogP) is 3.52. The van der Waals surface area contributed by atoms with Crippen molar-refractivity contribution in [3.8, 4) is 11.5 Å². The van der Waals surface area contributed by atoms with Gasteiger partial charge in [-0.2, -0.15) is 0 Å². The van der Waals surface area contributed by atoms with E-state index < -0.39 is 11.9 Å². The van der Waals surface area contributed by atoms with Gasteiger partial charge in [0.15, 0.2) is 13.2 Å². The minimum absolute atomic E-state index is 0.291. The third kappa shape index (κ3) is 6.10. The van der Waals surface area contributed by atoms with E-state index in [-0.39, 0.29) is 19.3 Å². The van der Waals surface area contributed by atoms with Crippen molar-refractivity contribution >= 4 is 11.9 Å². The average Bonchev–Trinajstić information content (AvgIpc) is 2.81. The SMILES string of the molecule is COc1ccc(OCC(=O)OCC(=O)NC(c2ccccc2)c2ccccc2)cc1. The fourth-order valence-corrected chi connectivity index (χ4v) is 2.85. The molecule has 0 aliphatic carbocycles. The summed E-state index contributed by atoms with van der Waals surface area (Å²) >= 11 is 0. The van der Waals surface area contributed by atoms with Crippen molar-refractivity contribution in [2.75, 3.05) is 20.3 Å². The number of carbonyl (C=O) groups is 2. The van der Waals surface area contributed by atoms with Gasteiger partial charge in [0.25, 0.3) is 5.91 Å². The monoisotopic (exact) mass is 405 g/mol. The number of hydrogen-bond acceptors (Lipinski definition) is 5. The van der Waals surface area contributed by atoms with Gasteiger partial charge in [-0.15, -0.1) is 0 Å². The molecule has 0 aliphatic heterocycles. The van der Waals surface area contributed by atoms with Gasteiger partial charge in [0.1, 0.15) is 11.5 Å². The Bertz CT molecular complexity index is 903. The van der Waals surface area contributed by atoms with Crippen LogP contribution in [-0.4, -0.2) is 32.2 Å². The predicted molar refractivity (Wildman–Crippen MR) is 112 cm³/mol. The molecular weight excluding hydrogens is 382 g/mol. The third-order valence-corrected chi connectivity index (χ3v) is 4.35. The fourth-order valence-electron chi connectivity index (χ4n) is 2.85. The molecule has 0 unspecified atom stereocenters. The number of esters is 1. The van der Waals surface area contributed by atoms with E-state index in [0.717, 1.165) is 11.1 Å². The minimum atomic E-state index is -0.628. The Morgan fingerprint density at radius 2 is 1.30 bits per heavy atom. The first kappa shape index (κ1) is 20.9. The molecule has 0 atom stereocenters. The summed E-state index contributed by atoms with van der Waals surface area (Å²) in [4.78, 5) is 24.3. The van der Waals surface area contributed by atoms with E-state index >= 15 is 0 Å². The van der Waals surface area contributed by atoms with Gasteiger partial charge in [-0.05, 0) is 35.4 Å². The second kappa shape index (κ2) is 10.7. The van der Waals surface area contributed by atoms with Crippen LogP contribution in [0.25, 0.3) is 0 Å². The van der Waals surface area contributed by atoms with Crippen LogP contribution in [0.2, 0.25) is 0 Å². The lowest BCUT2D eigenvalue weighted by Gasteiger charge is -2.20. The highest BCUT2D eigenvalue weighted by atomic mass is 16.6. The van der Waals surface area contributed by atoms with Gasteiger partial charge in [-0.1, -0.05) is 60.7 Å². The maximum absolute atomic E-state index is 12.4. The molecule has 3 aromatic carbocycles. The van der Waals surface area contributed by atoms with Crippen molar-refractivity contribution in [3.05, 3.63) is 96.1 Å². The molecule has 30 heavy (non-hydrogen) atoms. The highest BCUT2D eigenvalue weighted by molar-refractivity contribution is 5.81. The highest BCUT2D eigenvalue weighted by Gasteiger charge is 2.17. The number of carbonyl (C=O) groups excluding carboxylic acids is 2. The Labute approximate surface area is 175 Å². The Kier molecular flexibility index (Phi) is 7.44. The molecular formula is C24H23NO5. The summed E-state index contributed by atoms with van der Waals surface area (Å²) in [6.45, 7) is -0.679. The smallest absolute Gasteiger partial charge is 0.344 e. The van der Waals surface area contributed by atoms with Crippen LogP contribution in [0.1, 0.15) is 17.2 Å². The molecule has 0 bridgehead atoms. The van der Waals surface area contributed by atoms with Gasteiger partial charge in [-0.25, -0.2) is 4.79 Å². The fraction of sp³-hybridized carbons (Fsp3) is 0.167. The Hall–Kier alpha value is -3.80. The molecule has 0 heterocycles. The lowest BCUT2D eigenvalue weighted by atomic mass is 9.99. The van der Waals surface area contributed by atoms with Gasteiger partial charge in [0, 0.05) is 0 Å². The highest BCUT2D eigenvalue weighted by Crippen LogP contribution is 2.21. The van der Waals surface area contributed by atoms with Crippen LogP contribution in [0.4, 0.5) is 0 Å². The summed E-state index contributed by atoms with van der Waals surface area (Å²) in [5.41, 5.74) is 1.87. The Morgan fingerprint density at radius 3 is 1.83 bits per heavy atom. The molecule has 6 nitrogen and oxygen atoms in total. The second-order valence-corrected chi connectivity index (χ2v) is 6.45. The summed E-state index contributed by atoms with van der Waals surface area (Å²) in [5.74, 6) is 0.167. The van der Waals surface area contributed by atoms with Crippen molar-refractivity contribution in [3.63, 3.8) is 0 Å². The second-order valence-electron chi connectivity index (χ2n) is 6.45. The van der Waals surface area contributed by atoms with E-state index in [2.05, 4.69) is 5.32 Å². The van der Waals surface area contributed by atoms with Gasteiger partial charge in [0.05, 0.1) is 13.2 Å². The van der Waals surface area contributed by atoms with Crippen molar-refractivity contribution < 1.29 is 23.8 Å². The van der Waals surface area contributed by atoms with Crippen LogP contribution in [0.15, 0.2) is 84.9 Å². The van der Waals surface area contributed by atoms with E-state index in [1.54, 1.807) is 31.4 Å². The maximum Gasteiger partial charge on any atom is 0.344 e. The van der Waals surface area contributed by atoms with Crippen molar-refractivity contribution in [2.24, 2.45) is 0 Å². The summed E-state index contributed by atoms with van der Waals surface area (Å²) in [7, 11) is 1.57. The Balaban J connectivity index is 1.52. The van der Waals surface area contributed by atoms with Crippen molar-refractivity contribution in [1.29, 1.82) is 0 Å². The van der Waals surface area contributed by atoms with Gasteiger partial charge in [0.2, 0.25) is 0 Å². The number of rotatable bonds is 9. The Morgan fingerprint density at radius 1 is 0.767 bits per heavy atom. The van der Waals surface area contributed by atoms with Gasteiger partial charge >= 0.3 is 5.97 Å². The molecule has 0 spiro atoms. The lowest BCUT2D eigenvalue weighted by molar-refractivity contribution is -0.150. The van der Waals surface area contributed by atoms with Crippen molar-refractivity contribution in [1.82, 2.24) is 5.32 Å². The molecule has 0 radical (unpaired) electrons. The van der Waals surface area contributed by atoms with Crippen LogP contribution in [-0.2, 0) is 14.3 Å². The van der Waals surface area contributed by atoms with Gasteiger partial charge < -0.3 is 19.5 Å². The largest absolute Gasteiger partial charge is 0.497 e. The topological polar surface area (TPSA) is 73.9 Å². The number of hydrogen-bond donors (Lipinski definition) is 1. The van der Waals surface area contributed by atoms with Crippen molar-refractivity contribution in [2.45, 2.75) is 6.04 Å². The van der Waals surface area contributed by atoms with E-state index in [0.29, 0.717) is 11.5 Å². The molecule has 0 saturated carbocycles. The molecule has 1 N–H and O–H groups in total. The number of methoxy groups -OCH3 is 1. The lowest BCUT2D eigenvalue weighted by Crippen LogP contribution is -2.33. The minimum Gasteiger partial charge on any atom is -0.497 e. The molecule has 0 aliphatic rings. The van der Waals surface area contributed by atoms with E-state index in [9.17, 15) is 9.59 Å². The first-order valence-electron chi connectivity index (χ1n) is 9.47. The van der Waals surface area contributed by atoms with Crippen LogP contribution < -0.4 is 14.8 Å². The summed E-state index contributed by atoms with van der Waals surface area (Å²) in [6, 6.07) is 25.7. The van der Waals surface area contributed by atoms with E-state index in [4.69, 9.17) is 14.2 Å².